The third-order valence-corrected chi connectivity index (χ3v) is 3.87. The number of nitrogens with one attached hydrogen (secondary N) is 2. The van der Waals surface area contributed by atoms with Crippen LogP contribution in [-0.2, 0) is 4.79 Å². The second-order valence-electron chi connectivity index (χ2n) is 4.98. The first kappa shape index (κ1) is 17.1. The van der Waals surface area contributed by atoms with Gasteiger partial charge in [0, 0.05) is 25.0 Å². The van der Waals surface area contributed by atoms with Crippen molar-refractivity contribution in [3.05, 3.63) is 34.1 Å². The molecule has 0 aliphatic heterocycles. The van der Waals surface area contributed by atoms with E-state index in [0.29, 0.717) is 17.4 Å². The number of hydrogen-bond donors (Lipinski definition) is 2. The second kappa shape index (κ2) is 8.37. The van der Waals surface area contributed by atoms with Crippen molar-refractivity contribution >= 4 is 21.8 Å². The highest BCUT2D eigenvalue weighted by Crippen LogP contribution is 2.21. The molecule has 1 aromatic rings. The number of benzene rings is 1. The zero-order valence-electron chi connectivity index (χ0n) is 12.2. The van der Waals surface area contributed by atoms with E-state index in [2.05, 4.69) is 26.6 Å². The summed E-state index contributed by atoms with van der Waals surface area (Å²) in [6.45, 7) is 6.62. The van der Waals surface area contributed by atoms with E-state index in [1.54, 1.807) is 12.1 Å². The zero-order chi connectivity index (χ0) is 15.1. The summed E-state index contributed by atoms with van der Waals surface area (Å²) < 4.78 is 13.6. The van der Waals surface area contributed by atoms with Gasteiger partial charge in [0.15, 0.2) is 0 Å². The van der Waals surface area contributed by atoms with Crippen molar-refractivity contribution in [2.24, 2.45) is 0 Å². The van der Waals surface area contributed by atoms with Crippen LogP contribution in [0.1, 0.15) is 45.2 Å². The van der Waals surface area contributed by atoms with Gasteiger partial charge in [-0.05, 0) is 53.9 Å². The second-order valence-corrected chi connectivity index (χ2v) is 5.83. The maximum absolute atomic E-state index is 13.2. The van der Waals surface area contributed by atoms with Gasteiger partial charge in [0.05, 0.1) is 4.47 Å². The van der Waals surface area contributed by atoms with Gasteiger partial charge in [-0.1, -0.05) is 13.0 Å². The van der Waals surface area contributed by atoms with Gasteiger partial charge in [0.1, 0.15) is 5.82 Å². The molecule has 0 bridgehead atoms. The van der Waals surface area contributed by atoms with E-state index >= 15 is 0 Å². The molecule has 1 rings (SSSR count). The molecule has 20 heavy (non-hydrogen) atoms. The molecular weight excluding hydrogens is 323 g/mol. The van der Waals surface area contributed by atoms with Crippen LogP contribution < -0.4 is 10.6 Å². The van der Waals surface area contributed by atoms with Crippen LogP contribution in [0.2, 0.25) is 0 Å². The van der Waals surface area contributed by atoms with Gasteiger partial charge in [-0.2, -0.15) is 0 Å². The van der Waals surface area contributed by atoms with Gasteiger partial charge < -0.3 is 10.6 Å². The molecule has 112 valence electrons. The molecule has 0 saturated heterocycles. The highest BCUT2D eigenvalue weighted by molar-refractivity contribution is 9.10. The standard InChI is InChI=1S/C15H22BrFN2O/c1-4-10(2)19-15(20)7-8-18-11(3)12-5-6-14(17)13(16)9-12/h5-6,9-11,18H,4,7-8H2,1-3H3,(H,19,20). The molecule has 2 N–H and O–H groups in total. The molecular formula is C15H22BrFN2O. The topological polar surface area (TPSA) is 41.1 Å². The number of hydrogen-bond acceptors (Lipinski definition) is 2. The number of rotatable bonds is 7. The Hall–Kier alpha value is -0.940. The summed E-state index contributed by atoms with van der Waals surface area (Å²) in [4.78, 5) is 11.6. The van der Waals surface area contributed by atoms with Gasteiger partial charge in [0.2, 0.25) is 5.91 Å². The molecule has 0 fully saturated rings. The molecule has 0 aromatic heterocycles. The van der Waals surface area contributed by atoms with Crippen LogP contribution in [0.4, 0.5) is 4.39 Å². The van der Waals surface area contributed by atoms with Crippen molar-refractivity contribution in [3.63, 3.8) is 0 Å². The van der Waals surface area contributed by atoms with Gasteiger partial charge in [-0.15, -0.1) is 0 Å². The Morgan fingerprint density at radius 2 is 2.10 bits per heavy atom. The average Bonchev–Trinajstić information content (AvgIpc) is 2.41. The molecule has 5 heteroatoms. The summed E-state index contributed by atoms with van der Waals surface area (Å²) in [5, 5.41) is 6.19. The predicted octanol–water partition coefficient (Wildman–Crippen LogP) is 3.54. The van der Waals surface area contributed by atoms with E-state index < -0.39 is 0 Å². The molecule has 2 unspecified atom stereocenters. The molecule has 3 nitrogen and oxygen atoms in total. The van der Waals surface area contributed by atoms with Crippen molar-refractivity contribution in [1.82, 2.24) is 10.6 Å². The van der Waals surface area contributed by atoms with Crippen molar-refractivity contribution in [2.75, 3.05) is 6.54 Å². The molecule has 1 amide bonds. The lowest BCUT2D eigenvalue weighted by molar-refractivity contribution is -0.121. The Morgan fingerprint density at radius 1 is 1.40 bits per heavy atom. The van der Waals surface area contributed by atoms with Crippen molar-refractivity contribution in [1.29, 1.82) is 0 Å². The van der Waals surface area contributed by atoms with E-state index in [4.69, 9.17) is 0 Å². The molecule has 0 aliphatic rings. The zero-order valence-corrected chi connectivity index (χ0v) is 13.8. The Balaban J connectivity index is 2.38. The number of carbonyl (C=O) groups excluding carboxylic acids is 1. The Labute approximate surface area is 128 Å². The van der Waals surface area contributed by atoms with Crippen LogP contribution >= 0.6 is 15.9 Å². The first-order valence-corrected chi connectivity index (χ1v) is 7.71. The molecule has 0 heterocycles. The van der Waals surface area contributed by atoms with E-state index in [1.165, 1.54) is 6.07 Å². The summed E-state index contributed by atoms with van der Waals surface area (Å²) >= 11 is 3.17. The van der Waals surface area contributed by atoms with Crippen molar-refractivity contribution < 1.29 is 9.18 Å². The predicted molar refractivity (Wildman–Crippen MR) is 83.0 cm³/mol. The smallest absolute Gasteiger partial charge is 0.221 e. The molecule has 0 spiro atoms. The largest absolute Gasteiger partial charge is 0.354 e. The van der Waals surface area contributed by atoms with Crippen LogP contribution in [0.5, 0.6) is 0 Å². The fraction of sp³-hybridized carbons (Fsp3) is 0.533. The Kier molecular flexibility index (Phi) is 7.16. The SMILES string of the molecule is CCC(C)NC(=O)CCNC(C)c1ccc(F)c(Br)c1. The minimum absolute atomic E-state index is 0.0549. The van der Waals surface area contributed by atoms with E-state index in [1.807, 2.05) is 20.8 Å². The van der Waals surface area contributed by atoms with Crippen LogP contribution in [0.25, 0.3) is 0 Å². The number of halogens is 2. The van der Waals surface area contributed by atoms with Crippen LogP contribution in [-0.4, -0.2) is 18.5 Å². The quantitative estimate of drug-likeness (QED) is 0.794. The lowest BCUT2D eigenvalue weighted by Gasteiger charge is -2.16. The Morgan fingerprint density at radius 3 is 2.70 bits per heavy atom. The van der Waals surface area contributed by atoms with Gasteiger partial charge in [-0.3, -0.25) is 4.79 Å². The monoisotopic (exact) mass is 344 g/mol. The summed E-state index contributed by atoms with van der Waals surface area (Å²) in [5.41, 5.74) is 0.987. The third-order valence-electron chi connectivity index (χ3n) is 3.27. The van der Waals surface area contributed by atoms with Crippen LogP contribution in [0.3, 0.4) is 0 Å². The minimum Gasteiger partial charge on any atom is -0.354 e. The van der Waals surface area contributed by atoms with E-state index in [0.717, 1.165) is 12.0 Å². The summed E-state index contributed by atoms with van der Waals surface area (Å²) in [7, 11) is 0. The number of carbonyl (C=O) groups is 1. The van der Waals surface area contributed by atoms with Gasteiger partial charge >= 0.3 is 0 Å². The average molecular weight is 345 g/mol. The van der Waals surface area contributed by atoms with Gasteiger partial charge in [-0.25, -0.2) is 4.39 Å². The van der Waals surface area contributed by atoms with Gasteiger partial charge in [0.25, 0.3) is 0 Å². The minimum atomic E-state index is -0.270. The Bertz CT molecular complexity index is 453. The van der Waals surface area contributed by atoms with Crippen molar-refractivity contribution in [2.45, 2.75) is 45.7 Å². The fourth-order valence-corrected chi connectivity index (χ4v) is 2.15. The third kappa shape index (κ3) is 5.59. The molecule has 1 aromatic carbocycles. The lowest BCUT2D eigenvalue weighted by Crippen LogP contribution is -2.34. The molecule has 0 aliphatic carbocycles. The molecule has 0 saturated carbocycles. The first-order valence-electron chi connectivity index (χ1n) is 6.91. The maximum Gasteiger partial charge on any atom is 0.221 e. The van der Waals surface area contributed by atoms with E-state index in [9.17, 15) is 9.18 Å². The maximum atomic E-state index is 13.2. The van der Waals surface area contributed by atoms with E-state index in [-0.39, 0.29) is 23.8 Å². The first-order chi connectivity index (χ1) is 9.43. The fourth-order valence-electron chi connectivity index (χ4n) is 1.75. The highest BCUT2D eigenvalue weighted by Gasteiger charge is 2.09. The molecule has 0 radical (unpaired) electrons. The normalized spacial score (nSPS) is 13.8. The van der Waals surface area contributed by atoms with Crippen molar-refractivity contribution in [3.8, 4) is 0 Å². The molecule has 2 atom stereocenters. The number of amides is 1. The summed E-state index contributed by atoms with van der Waals surface area (Å²) in [6.07, 6.45) is 1.37. The highest BCUT2D eigenvalue weighted by atomic mass is 79.9. The summed E-state index contributed by atoms with van der Waals surface area (Å²) in [6, 6.07) is 5.23. The lowest BCUT2D eigenvalue weighted by atomic mass is 10.1. The summed E-state index contributed by atoms with van der Waals surface area (Å²) in [5.74, 6) is -0.215. The van der Waals surface area contributed by atoms with Crippen LogP contribution in [0.15, 0.2) is 22.7 Å². The van der Waals surface area contributed by atoms with Crippen LogP contribution in [0, 0.1) is 5.82 Å².